The van der Waals surface area contributed by atoms with Crippen molar-refractivity contribution in [1.29, 1.82) is 0 Å². The lowest BCUT2D eigenvalue weighted by Crippen LogP contribution is -2.41. The molecule has 0 radical (unpaired) electrons. The first kappa shape index (κ1) is 17.1. The minimum absolute atomic E-state index is 0.148. The van der Waals surface area contributed by atoms with E-state index in [1.807, 2.05) is 26.0 Å². The van der Waals surface area contributed by atoms with Crippen molar-refractivity contribution in [2.24, 2.45) is 0 Å². The van der Waals surface area contributed by atoms with E-state index in [-0.39, 0.29) is 25.7 Å². The van der Waals surface area contributed by atoms with Crippen LogP contribution in [0.3, 0.4) is 0 Å². The highest BCUT2D eigenvalue weighted by Gasteiger charge is 2.30. The molecule has 1 aliphatic heterocycles. The van der Waals surface area contributed by atoms with Crippen molar-refractivity contribution < 1.29 is 28.9 Å². The second-order valence-electron chi connectivity index (χ2n) is 5.69. The zero-order valence-corrected chi connectivity index (χ0v) is 13.3. The number of fused-ring (bicyclic) bond motifs is 1. The number of amides is 1. The molecule has 0 aliphatic carbocycles. The molecule has 0 fully saturated rings. The summed E-state index contributed by atoms with van der Waals surface area (Å²) in [5, 5.41) is 11.2. The fourth-order valence-corrected chi connectivity index (χ4v) is 2.18. The summed E-state index contributed by atoms with van der Waals surface area (Å²) in [5.41, 5.74) is 0.0496. The van der Waals surface area contributed by atoms with Crippen LogP contribution < -0.4 is 14.8 Å². The lowest BCUT2D eigenvalue weighted by molar-refractivity contribution is -0.142. The third kappa shape index (κ3) is 4.35. The quantitative estimate of drug-likeness (QED) is 0.726. The van der Waals surface area contributed by atoms with E-state index in [1.54, 1.807) is 6.07 Å². The first-order valence-electron chi connectivity index (χ1n) is 7.39. The van der Waals surface area contributed by atoms with Crippen molar-refractivity contribution in [2.75, 3.05) is 33.0 Å². The number of carboxylic acids is 1. The van der Waals surface area contributed by atoms with Gasteiger partial charge in [-0.2, -0.15) is 0 Å². The van der Waals surface area contributed by atoms with Crippen molar-refractivity contribution >= 4 is 11.9 Å². The predicted octanol–water partition coefficient (Wildman–Crippen LogP) is 0.953. The van der Waals surface area contributed by atoms with Gasteiger partial charge in [0.25, 0.3) is 0 Å². The topological polar surface area (TPSA) is 94.1 Å². The van der Waals surface area contributed by atoms with Crippen molar-refractivity contribution in [3.8, 4) is 11.5 Å². The number of carboxylic acid groups (broad SMARTS) is 1. The standard InChI is InChI=1S/C16H21NO6/c1-16(2,15(20)17-5-6-21-10-14(18)19)11-3-4-12-13(9-11)23-8-7-22-12/h3-4,9H,5-8,10H2,1-2H3,(H,17,20)(H,18,19). The van der Waals surface area contributed by atoms with Gasteiger partial charge in [0.05, 0.1) is 12.0 Å². The number of benzene rings is 1. The highest BCUT2D eigenvalue weighted by atomic mass is 16.6. The molecule has 0 aromatic heterocycles. The average Bonchev–Trinajstić information content (AvgIpc) is 2.53. The number of hydrogen-bond acceptors (Lipinski definition) is 5. The van der Waals surface area contributed by atoms with Gasteiger partial charge in [-0.3, -0.25) is 4.79 Å². The molecule has 2 rings (SSSR count). The first-order chi connectivity index (χ1) is 10.9. The van der Waals surface area contributed by atoms with E-state index in [1.165, 1.54) is 0 Å². The molecule has 0 saturated heterocycles. The minimum atomic E-state index is -1.03. The summed E-state index contributed by atoms with van der Waals surface area (Å²) in [5.74, 6) is 0.110. The molecule has 0 bridgehead atoms. The van der Waals surface area contributed by atoms with Crippen LogP contribution in [0.2, 0.25) is 0 Å². The number of carbonyl (C=O) groups is 2. The molecule has 0 spiro atoms. The van der Waals surface area contributed by atoms with Gasteiger partial charge in [-0.15, -0.1) is 0 Å². The molecule has 1 aromatic rings. The predicted molar refractivity (Wildman–Crippen MR) is 81.9 cm³/mol. The molecule has 1 aliphatic rings. The van der Waals surface area contributed by atoms with E-state index in [0.29, 0.717) is 24.7 Å². The van der Waals surface area contributed by atoms with Crippen LogP contribution >= 0.6 is 0 Å². The Morgan fingerprint density at radius 2 is 1.96 bits per heavy atom. The zero-order valence-electron chi connectivity index (χ0n) is 13.3. The third-order valence-electron chi connectivity index (χ3n) is 3.59. The Bertz CT molecular complexity index is 584. The summed E-state index contributed by atoms with van der Waals surface area (Å²) >= 11 is 0. The molecule has 0 saturated carbocycles. The molecular formula is C16H21NO6. The lowest BCUT2D eigenvalue weighted by atomic mass is 9.83. The van der Waals surface area contributed by atoms with E-state index < -0.39 is 11.4 Å². The van der Waals surface area contributed by atoms with Gasteiger partial charge in [0.2, 0.25) is 5.91 Å². The number of hydrogen-bond donors (Lipinski definition) is 2. The molecular weight excluding hydrogens is 302 g/mol. The second-order valence-corrected chi connectivity index (χ2v) is 5.69. The van der Waals surface area contributed by atoms with Gasteiger partial charge in [0.15, 0.2) is 11.5 Å². The summed E-state index contributed by atoms with van der Waals surface area (Å²) < 4.78 is 15.9. The van der Waals surface area contributed by atoms with Gasteiger partial charge in [-0.25, -0.2) is 4.79 Å². The molecule has 1 amide bonds. The van der Waals surface area contributed by atoms with Crippen LogP contribution in [0, 0.1) is 0 Å². The van der Waals surface area contributed by atoms with E-state index >= 15 is 0 Å². The molecule has 1 aromatic carbocycles. The molecule has 0 atom stereocenters. The highest BCUT2D eigenvalue weighted by molar-refractivity contribution is 5.87. The largest absolute Gasteiger partial charge is 0.486 e. The summed E-state index contributed by atoms with van der Waals surface area (Å²) in [7, 11) is 0. The van der Waals surface area contributed by atoms with Crippen molar-refractivity contribution in [1.82, 2.24) is 5.32 Å². The Balaban J connectivity index is 1.94. The maximum atomic E-state index is 12.4. The van der Waals surface area contributed by atoms with E-state index in [2.05, 4.69) is 5.32 Å². The van der Waals surface area contributed by atoms with Gasteiger partial charge in [-0.1, -0.05) is 6.07 Å². The van der Waals surface area contributed by atoms with Gasteiger partial charge in [0.1, 0.15) is 19.8 Å². The molecule has 0 unspecified atom stereocenters. The van der Waals surface area contributed by atoms with Gasteiger partial charge in [0, 0.05) is 6.54 Å². The molecule has 7 heteroatoms. The van der Waals surface area contributed by atoms with Crippen LogP contribution in [-0.4, -0.2) is 50.0 Å². The maximum Gasteiger partial charge on any atom is 0.329 e. The van der Waals surface area contributed by atoms with Crippen LogP contribution in [0.4, 0.5) is 0 Å². The highest BCUT2D eigenvalue weighted by Crippen LogP contribution is 2.35. The Kier molecular flexibility index (Phi) is 5.44. The van der Waals surface area contributed by atoms with Crippen LogP contribution in [0.25, 0.3) is 0 Å². The minimum Gasteiger partial charge on any atom is -0.486 e. The molecule has 7 nitrogen and oxygen atoms in total. The third-order valence-corrected chi connectivity index (χ3v) is 3.59. The van der Waals surface area contributed by atoms with Gasteiger partial charge < -0.3 is 24.6 Å². The van der Waals surface area contributed by atoms with E-state index in [4.69, 9.17) is 19.3 Å². The zero-order chi connectivity index (χ0) is 16.9. The van der Waals surface area contributed by atoms with Crippen LogP contribution in [0.1, 0.15) is 19.4 Å². The fourth-order valence-electron chi connectivity index (χ4n) is 2.18. The number of ether oxygens (including phenoxy) is 3. The Labute approximate surface area is 134 Å². The van der Waals surface area contributed by atoms with Crippen LogP contribution in [0.5, 0.6) is 11.5 Å². The van der Waals surface area contributed by atoms with E-state index in [9.17, 15) is 9.59 Å². The average molecular weight is 323 g/mol. The molecule has 23 heavy (non-hydrogen) atoms. The maximum absolute atomic E-state index is 12.4. The smallest absolute Gasteiger partial charge is 0.329 e. The van der Waals surface area contributed by atoms with Crippen LogP contribution in [-0.2, 0) is 19.7 Å². The van der Waals surface area contributed by atoms with Gasteiger partial charge >= 0.3 is 5.97 Å². The Hall–Kier alpha value is -2.28. The Morgan fingerprint density at radius 3 is 2.65 bits per heavy atom. The van der Waals surface area contributed by atoms with Gasteiger partial charge in [-0.05, 0) is 31.5 Å². The van der Waals surface area contributed by atoms with Crippen molar-refractivity contribution in [3.05, 3.63) is 23.8 Å². The SMILES string of the molecule is CC(C)(C(=O)NCCOCC(=O)O)c1ccc2c(c1)OCCO2. The Morgan fingerprint density at radius 1 is 1.26 bits per heavy atom. The normalized spacial score (nSPS) is 13.5. The summed E-state index contributed by atoms with van der Waals surface area (Å²) in [6.07, 6.45) is 0. The number of aliphatic carboxylic acids is 1. The number of rotatable bonds is 7. The fraction of sp³-hybridized carbons (Fsp3) is 0.500. The molecule has 126 valence electrons. The first-order valence-corrected chi connectivity index (χ1v) is 7.39. The van der Waals surface area contributed by atoms with Crippen molar-refractivity contribution in [3.63, 3.8) is 0 Å². The molecule has 2 N–H and O–H groups in total. The lowest BCUT2D eigenvalue weighted by Gasteiger charge is -2.26. The summed E-state index contributed by atoms with van der Waals surface area (Å²) in [4.78, 5) is 22.7. The van der Waals surface area contributed by atoms with Crippen LogP contribution in [0.15, 0.2) is 18.2 Å². The summed E-state index contributed by atoms with van der Waals surface area (Å²) in [6, 6.07) is 5.46. The molecule has 1 heterocycles. The second kappa shape index (κ2) is 7.32. The summed E-state index contributed by atoms with van der Waals surface area (Å²) in [6.45, 7) is 4.66. The monoisotopic (exact) mass is 323 g/mol. The van der Waals surface area contributed by atoms with E-state index in [0.717, 1.165) is 5.56 Å². The number of carbonyl (C=O) groups excluding carboxylic acids is 1. The van der Waals surface area contributed by atoms with Crippen molar-refractivity contribution in [2.45, 2.75) is 19.3 Å². The number of nitrogens with one attached hydrogen (secondary N) is 1.